The molecule has 0 bridgehead atoms. The maximum atomic E-state index is 13.3. The number of aromatic hydroxyl groups is 1. The second-order valence-electron chi connectivity index (χ2n) is 7.29. The fourth-order valence-electron chi connectivity index (χ4n) is 3.73. The minimum absolute atomic E-state index is 0.0338. The van der Waals surface area contributed by atoms with Crippen molar-refractivity contribution in [2.45, 2.75) is 19.4 Å². The molecule has 0 radical (unpaired) electrons. The van der Waals surface area contributed by atoms with Crippen molar-refractivity contribution >= 4 is 23.1 Å². The van der Waals surface area contributed by atoms with Crippen LogP contribution in [0, 0.1) is 5.82 Å². The van der Waals surface area contributed by atoms with Gasteiger partial charge < -0.3 is 10.2 Å². The number of rotatable bonds is 4. The summed E-state index contributed by atoms with van der Waals surface area (Å²) in [5.41, 5.74) is 2.26. The van der Waals surface area contributed by atoms with E-state index in [9.17, 15) is 24.2 Å². The molecular weight excluding hydrogens is 397 g/mol. The molecule has 6 heteroatoms. The molecule has 31 heavy (non-hydrogen) atoms. The van der Waals surface area contributed by atoms with Gasteiger partial charge in [0, 0.05) is 11.3 Å². The number of ketones is 1. The molecule has 1 aliphatic rings. The number of anilines is 1. The van der Waals surface area contributed by atoms with Gasteiger partial charge in [-0.1, -0.05) is 31.2 Å². The Morgan fingerprint density at radius 2 is 1.55 bits per heavy atom. The van der Waals surface area contributed by atoms with Crippen molar-refractivity contribution in [2.75, 3.05) is 4.90 Å². The Hall–Kier alpha value is -3.93. The van der Waals surface area contributed by atoms with Crippen LogP contribution >= 0.6 is 0 Å². The molecule has 1 heterocycles. The lowest BCUT2D eigenvalue weighted by atomic mass is 9.95. The highest BCUT2D eigenvalue weighted by molar-refractivity contribution is 6.51. The highest BCUT2D eigenvalue weighted by Gasteiger charge is 2.46. The fourth-order valence-corrected chi connectivity index (χ4v) is 3.73. The first kappa shape index (κ1) is 20.3. The minimum Gasteiger partial charge on any atom is -0.508 e. The van der Waals surface area contributed by atoms with Crippen molar-refractivity contribution in [2.24, 2.45) is 0 Å². The number of aliphatic hydroxyl groups excluding tert-OH is 1. The van der Waals surface area contributed by atoms with E-state index in [-0.39, 0.29) is 22.6 Å². The number of Topliss-reactive ketones (excluding diaryl/α,β-unsaturated/α-hetero) is 1. The zero-order chi connectivity index (χ0) is 22.1. The maximum absolute atomic E-state index is 13.3. The predicted octanol–water partition coefficient (Wildman–Crippen LogP) is 4.72. The first-order valence-corrected chi connectivity index (χ1v) is 9.85. The van der Waals surface area contributed by atoms with Gasteiger partial charge >= 0.3 is 0 Å². The molecular formula is C25H20FNO4. The summed E-state index contributed by atoms with van der Waals surface area (Å²) in [6.45, 7) is 2.01. The summed E-state index contributed by atoms with van der Waals surface area (Å²) in [4.78, 5) is 27.4. The number of halogens is 1. The van der Waals surface area contributed by atoms with E-state index >= 15 is 0 Å². The van der Waals surface area contributed by atoms with Gasteiger partial charge in [-0.3, -0.25) is 14.5 Å². The molecule has 4 rings (SSSR count). The van der Waals surface area contributed by atoms with Crippen LogP contribution in [0.5, 0.6) is 5.75 Å². The van der Waals surface area contributed by atoms with Crippen molar-refractivity contribution in [3.8, 4) is 5.75 Å². The number of phenols is 1. The summed E-state index contributed by atoms with van der Waals surface area (Å²) in [5, 5.41) is 20.6. The predicted molar refractivity (Wildman–Crippen MR) is 115 cm³/mol. The van der Waals surface area contributed by atoms with Crippen molar-refractivity contribution in [3.63, 3.8) is 0 Å². The molecule has 1 fully saturated rings. The molecule has 0 aromatic heterocycles. The van der Waals surface area contributed by atoms with E-state index in [1.54, 1.807) is 24.3 Å². The fraction of sp³-hybridized carbons (Fsp3) is 0.120. The monoisotopic (exact) mass is 417 g/mol. The molecule has 1 atom stereocenters. The molecule has 1 amide bonds. The van der Waals surface area contributed by atoms with Crippen LogP contribution in [0.3, 0.4) is 0 Å². The molecule has 2 N–H and O–H groups in total. The van der Waals surface area contributed by atoms with Crippen molar-refractivity contribution in [3.05, 3.63) is 101 Å². The van der Waals surface area contributed by atoms with E-state index in [4.69, 9.17) is 0 Å². The van der Waals surface area contributed by atoms with Crippen LogP contribution in [0.4, 0.5) is 10.1 Å². The van der Waals surface area contributed by atoms with Crippen LogP contribution in [-0.4, -0.2) is 21.9 Å². The lowest BCUT2D eigenvalue weighted by Crippen LogP contribution is -2.29. The van der Waals surface area contributed by atoms with Gasteiger partial charge in [0.15, 0.2) is 0 Å². The number of aliphatic hydroxyl groups is 1. The van der Waals surface area contributed by atoms with Gasteiger partial charge in [-0.05, 0) is 66.1 Å². The van der Waals surface area contributed by atoms with E-state index in [1.165, 1.54) is 41.3 Å². The lowest BCUT2D eigenvalue weighted by Gasteiger charge is -2.25. The van der Waals surface area contributed by atoms with E-state index in [1.807, 2.05) is 19.1 Å². The van der Waals surface area contributed by atoms with Crippen LogP contribution < -0.4 is 4.90 Å². The Balaban J connectivity index is 1.91. The van der Waals surface area contributed by atoms with Crippen LogP contribution in [0.25, 0.3) is 5.76 Å². The highest BCUT2D eigenvalue weighted by atomic mass is 19.1. The van der Waals surface area contributed by atoms with Crippen LogP contribution in [0.15, 0.2) is 78.4 Å². The first-order chi connectivity index (χ1) is 14.9. The van der Waals surface area contributed by atoms with E-state index in [2.05, 4.69) is 0 Å². The Morgan fingerprint density at radius 3 is 2.13 bits per heavy atom. The Labute approximate surface area is 178 Å². The number of benzene rings is 3. The third-order valence-electron chi connectivity index (χ3n) is 5.39. The number of hydrogen-bond acceptors (Lipinski definition) is 4. The molecule has 5 nitrogen and oxygen atoms in total. The molecule has 3 aromatic rings. The van der Waals surface area contributed by atoms with E-state index < -0.39 is 23.5 Å². The van der Waals surface area contributed by atoms with Crippen molar-refractivity contribution in [1.82, 2.24) is 0 Å². The first-order valence-electron chi connectivity index (χ1n) is 9.85. The SMILES string of the molecule is CCc1ccc(N2C(=O)C(=O)/C(=C(/O)c3ccc(F)cc3)C2c2ccc(O)cc2)cc1. The second-order valence-corrected chi connectivity index (χ2v) is 7.29. The normalized spacial score (nSPS) is 17.9. The average Bonchev–Trinajstić information content (AvgIpc) is 3.05. The number of phenolic OH excluding ortho intramolecular Hbond substituents is 1. The van der Waals surface area contributed by atoms with Crippen LogP contribution in [0.2, 0.25) is 0 Å². The van der Waals surface area contributed by atoms with Gasteiger partial charge in [-0.15, -0.1) is 0 Å². The maximum Gasteiger partial charge on any atom is 0.300 e. The molecule has 0 aliphatic carbocycles. The number of aryl methyl sites for hydroxylation is 1. The summed E-state index contributed by atoms with van der Waals surface area (Å²) < 4.78 is 13.3. The summed E-state index contributed by atoms with van der Waals surface area (Å²) >= 11 is 0. The molecule has 3 aromatic carbocycles. The summed E-state index contributed by atoms with van der Waals surface area (Å²) in [5.74, 6) is -2.44. The number of carbonyl (C=O) groups is 2. The Kier molecular flexibility index (Phi) is 5.29. The summed E-state index contributed by atoms with van der Waals surface area (Å²) in [6.07, 6.45) is 0.824. The number of hydrogen-bond donors (Lipinski definition) is 2. The lowest BCUT2D eigenvalue weighted by molar-refractivity contribution is -0.132. The number of nitrogens with zero attached hydrogens (tertiary/aromatic N) is 1. The molecule has 0 saturated carbocycles. The molecule has 156 valence electrons. The van der Waals surface area contributed by atoms with Gasteiger partial charge in [0.2, 0.25) is 0 Å². The minimum atomic E-state index is -0.905. The number of carbonyl (C=O) groups excluding carboxylic acids is 2. The largest absolute Gasteiger partial charge is 0.508 e. The molecule has 0 spiro atoms. The molecule has 1 aliphatic heterocycles. The van der Waals surface area contributed by atoms with Gasteiger partial charge in [0.1, 0.15) is 17.3 Å². The Morgan fingerprint density at radius 1 is 0.935 bits per heavy atom. The van der Waals surface area contributed by atoms with Crippen molar-refractivity contribution in [1.29, 1.82) is 0 Å². The molecule has 1 saturated heterocycles. The third-order valence-corrected chi connectivity index (χ3v) is 5.39. The zero-order valence-corrected chi connectivity index (χ0v) is 16.7. The zero-order valence-electron chi connectivity index (χ0n) is 16.7. The van der Waals surface area contributed by atoms with E-state index in [0.717, 1.165) is 12.0 Å². The van der Waals surface area contributed by atoms with Gasteiger partial charge in [-0.2, -0.15) is 0 Å². The average molecular weight is 417 g/mol. The topological polar surface area (TPSA) is 77.8 Å². The number of amides is 1. The standard InChI is InChI=1S/C25H20FNO4/c1-2-15-3-11-19(12-4-15)27-22(16-7-13-20(28)14-8-16)21(24(30)25(27)31)23(29)17-5-9-18(26)10-6-17/h3-14,22,28-29H,2H2,1H3/b23-21+. The van der Waals surface area contributed by atoms with Crippen LogP contribution in [-0.2, 0) is 16.0 Å². The smallest absolute Gasteiger partial charge is 0.300 e. The van der Waals surface area contributed by atoms with Crippen molar-refractivity contribution < 1.29 is 24.2 Å². The van der Waals surface area contributed by atoms with Gasteiger partial charge in [0.25, 0.3) is 11.7 Å². The van der Waals surface area contributed by atoms with Crippen LogP contribution in [0.1, 0.15) is 29.7 Å². The third kappa shape index (κ3) is 3.68. The quantitative estimate of drug-likeness (QED) is 0.366. The Bertz CT molecular complexity index is 1170. The van der Waals surface area contributed by atoms with Gasteiger partial charge in [-0.25, -0.2) is 4.39 Å². The van der Waals surface area contributed by atoms with Gasteiger partial charge in [0.05, 0.1) is 11.6 Å². The highest BCUT2D eigenvalue weighted by Crippen LogP contribution is 2.42. The summed E-state index contributed by atoms with van der Waals surface area (Å²) in [6, 6.07) is 17.5. The summed E-state index contributed by atoms with van der Waals surface area (Å²) in [7, 11) is 0. The van der Waals surface area contributed by atoms with E-state index in [0.29, 0.717) is 11.3 Å². The molecule has 1 unspecified atom stereocenters. The second kappa shape index (κ2) is 8.07.